The molecule has 35 heavy (non-hydrogen) atoms. The molecule has 2 heterocycles. The Labute approximate surface area is 203 Å². The van der Waals surface area contributed by atoms with E-state index in [2.05, 4.69) is 15.4 Å². The van der Waals surface area contributed by atoms with Crippen LogP contribution in [-0.2, 0) is 16.1 Å². The summed E-state index contributed by atoms with van der Waals surface area (Å²) in [5.74, 6) is -1.64. The molecule has 4 rings (SSSR count). The molecule has 0 spiro atoms. The molecule has 0 bridgehead atoms. The number of carbonyl (C=O) groups excluding carboxylic acids is 2. The van der Waals surface area contributed by atoms with E-state index in [1.807, 2.05) is 13.8 Å². The van der Waals surface area contributed by atoms with Gasteiger partial charge in [-0.2, -0.15) is 9.61 Å². The van der Waals surface area contributed by atoms with Gasteiger partial charge >= 0.3 is 5.97 Å². The smallest absolute Gasteiger partial charge is 0.338 e. The molecule has 0 aliphatic heterocycles. The molecular formula is C24H21FN4O5S. The van der Waals surface area contributed by atoms with Gasteiger partial charge in [0.1, 0.15) is 11.6 Å². The van der Waals surface area contributed by atoms with Crippen molar-refractivity contribution in [1.82, 2.24) is 14.6 Å². The summed E-state index contributed by atoms with van der Waals surface area (Å²) in [6, 6.07) is 13.2. The molecule has 0 fully saturated rings. The van der Waals surface area contributed by atoms with Crippen molar-refractivity contribution >= 4 is 33.9 Å². The van der Waals surface area contributed by atoms with Crippen LogP contribution in [0.5, 0.6) is 5.75 Å². The molecule has 0 radical (unpaired) electrons. The number of hydrogen-bond acceptors (Lipinski definition) is 8. The third-order valence-electron chi connectivity index (χ3n) is 4.74. The Hall–Kier alpha value is -4.12. The van der Waals surface area contributed by atoms with E-state index in [0.29, 0.717) is 16.3 Å². The normalized spacial score (nSPS) is 11.0. The van der Waals surface area contributed by atoms with Crippen molar-refractivity contribution in [2.24, 2.45) is 0 Å². The van der Waals surface area contributed by atoms with Crippen molar-refractivity contribution in [2.75, 3.05) is 11.9 Å². The van der Waals surface area contributed by atoms with Crippen LogP contribution >= 0.6 is 11.3 Å². The van der Waals surface area contributed by atoms with Gasteiger partial charge in [-0.25, -0.2) is 14.2 Å². The number of benzene rings is 2. The van der Waals surface area contributed by atoms with Crippen LogP contribution in [-0.4, -0.2) is 33.1 Å². The Balaban J connectivity index is 1.37. The number of hydrogen-bond donors (Lipinski definition) is 1. The van der Waals surface area contributed by atoms with Crippen LogP contribution in [0.2, 0.25) is 0 Å². The summed E-state index contributed by atoms with van der Waals surface area (Å²) in [5, 5.41) is 7.62. The van der Waals surface area contributed by atoms with Gasteiger partial charge in [-0.3, -0.25) is 9.59 Å². The molecule has 0 aliphatic carbocycles. The van der Waals surface area contributed by atoms with Crippen molar-refractivity contribution in [1.29, 1.82) is 0 Å². The molecule has 0 saturated carbocycles. The third kappa shape index (κ3) is 5.87. The lowest BCUT2D eigenvalue weighted by molar-refractivity contribution is -0.118. The molecular weight excluding hydrogens is 475 g/mol. The number of esters is 1. The molecule has 1 amide bonds. The van der Waals surface area contributed by atoms with Gasteiger partial charge in [-0.05, 0) is 30.3 Å². The Morgan fingerprint density at radius 1 is 1.14 bits per heavy atom. The second-order valence-electron chi connectivity index (χ2n) is 7.80. The summed E-state index contributed by atoms with van der Waals surface area (Å²) >= 11 is 1.30. The SMILES string of the molecule is CC(C)c1nn2c(=O)cc(COC(=O)c3cccc(NC(=O)COc4ccccc4F)c3)nc2s1. The van der Waals surface area contributed by atoms with Crippen LogP contribution < -0.4 is 15.6 Å². The molecule has 0 aliphatic rings. The summed E-state index contributed by atoms with van der Waals surface area (Å²) in [5.41, 5.74) is 0.476. The highest BCUT2D eigenvalue weighted by atomic mass is 32.1. The molecule has 2 aromatic heterocycles. The first-order valence-electron chi connectivity index (χ1n) is 10.6. The number of aromatic nitrogens is 3. The number of nitrogens with zero attached hydrogens (tertiary/aromatic N) is 3. The molecule has 0 unspecified atom stereocenters. The van der Waals surface area contributed by atoms with Crippen LogP contribution in [0.1, 0.15) is 40.8 Å². The molecule has 4 aromatic rings. The summed E-state index contributed by atoms with van der Waals surface area (Å²) in [4.78, 5) is 41.8. The zero-order valence-corrected chi connectivity index (χ0v) is 19.7. The minimum atomic E-state index is -0.655. The fourth-order valence-electron chi connectivity index (χ4n) is 3.03. The maximum atomic E-state index is 13.6. The van der Waals surface area contributed by atoms with Gasteiger partial charge in [0.2, 0.25) is 4.96 Å². The highest BCUT2D eigenvalue weighted by Crippen LogP contribution is 2.20. The Morgan fingerprint density at radius 2 is 1.94 bits per heavy atom. The van der Waals surface area contributed by atoms with Gasteiger partial charge in [-0.15, -0.1) is 0 Å². The highest BCUT2D eigenvalue weighted by Gasteiger charge is 2.14. The van der Waals surface area contributed by atoms with Crippen LogP contribution in [0.15, 0.2) is 59.4 Å². The molecule has 11 heteroatoms. The van der Waals surface area contributed by atoms with Crippen LogP contribution in [0, 0.1) is 5.82 Å². The number of amides is 1. The van der Waals surface area contributed by atoms with Crippen LogP contribution in [0.25, 0.3) is 4.96 Å². The quantitative estimate of drug-likeness (QED) is 0.370. The van der Waals surface area contributed by atoms with Crippen molar-refractivity contribution in [3.8, 4) is 5.75 Å². The maximum Gasteiger partial charge on any atom is 0.338 e. The summed E-state index contributed by atoms with van der Waals surface area (Å²) < 4.78 is 25.3. The van der Waals surface area contributed by atoms with E-state index in [-0.39, 0.29) is 29.4 Å². The van der Waals surface area contributed by atoms with E-state index < -0.39 is 24.3 Å². The van der Waals surface area contributed by atoms with Gasteiger partial charge in [0.25, 0.3) is 11.5 Å². The largest absolute Gasteiger partial charge is 0.481 e. The van der Waals surface area contributed by atoms with Gasteiger partial charge in [0.15, 0.2) is 18.2 Å². The summed E-state index contributed by atoms with van der Waals surface area (Å²) in [7, 11) is 0. The number of anilines is 1. The van der Waals surface area contributed by atoms with Crippen molar-refractivity contribution < 1.29 is 23.5 Å². The zero-order chi connectivity index (χ0) is 24.9. The van der Waals surface area contributed by atoms with E-state index in [4.69, 9.17) is 9.47 Å². The Morgan fingerprint density at radius 3 is 2.71 bits per heavy atom. The summed E-state index contributed by atoms with van der Waals surface area (Å²) in [6.07, 6.45) is 0. The second kappa shape index (κ2) is 10.4. The minimum absolute atomic E-state index is 0.0369. The van der Waals surface area contributed by atoms with E-state index in [9.17, 15) is 18.8 Å². The number of halogens is 1. The van der Waals surface area contributed by atoms with E-state index in [1.54, 1.807) is 18.2 Å². The zero-order valence-electron chi connectivity index (χ0n) is 18.9. The monoisotopic (exact) mass is 496 g/mol. The fourth-order valence-corrected chi connectivity index (χ4v) is 3.95. The minimum Gasteiger partial charge on any atom is -0.481 e. The molecule has 0 saturated heterocycles. The number of nitrogens with one attached hydrogen (secondary N) is 1. The van der Waals surface area contributed by atoms with Crippen molar-refractivity contribution in [2.45, 2.75) is 26.4 Å². The standard InChI is InChI=1S/C24H21FN4O5S/c1-14(2)22-28-29-21(31)11-17(27-24(29)35-22)12-34-23(32)15-6-5-7-16(10-15)26-20(30)13-33-19-9-4-3-8-18(19)25/h3-11,14H,12-13H2,1-2H3,(H,26,30). The van der Waals surface area contributed by atoms with Gasteiger partial charge in [-0.1, -0.05) is 43.4 Å². The molecule has 180 valence electrons. The molecule has 9 nitrogen and oxygen atoms in total. The van der Waals surface area contributed by atoms with Crippen molar-refractivity contribution in [3.05, 3.63) is 87.0 Å². The molecule has 0 atom stereocenters. The topological polar surface area (TPSA) is 112 Å². The van der Waals surface area contributed by atoms with Gasteiger partial charge in [0.05, 0.1) is 11.3 Å². The van der Waals surface area contributed by atoms with E-state index in [0.717, 1.165) is 5.01 Å². The first-order chi connectivity index (χ1) is 16.8. The Bertz CT molecular complexity index is 1450. The lowest BCUT2D eigenvalue weighted by atomic mass is 10.2. The average molecular weight is 497 g/mol. The predicted octanol–water partition coefficient (Wildman–Crippen LogP) is 3.79. The summed E-state index contributed by atoms with van der Waals surface area (Å²) in [6.45, 7) is 3.33. The van der Waals surface area contributed by atoms with Gasteiger partial charge < -0.3 is 14.8 Å². The Kier molecular flexibility index (Phi) is 7.16. The third-order valence-corrected chi connectivity index (χ3v) is 5.95. The lowest BCUT2D eigenvalue weighted by Gasteiger charge is -2.09. The van der Waals surface area contributed by atoms with Gasteiger partial charge in [0, 0.05) is 17.7 Å². The van der Waals surface area contributed by atoms with Crippen LogP contribution in [0.3, 0.4) is 0 Å². The number of fused-ring (bicyclic) bond motifs is 1. The number of ether oxygens (including phenoxy) is 2. The maximum absolute atomic E-state index is 13.6. The second-order valence-corrected chi connectivity index (χ2v) is 8.79. The number of carbonyl (C=O) groups is 2. The van der Waals surface area contributed by atoms with Crippen molar-refractivity contribution in [3.63, 3.8) is 0 Å². The number of para-hydroxylation sites is 1. The van der Waals surface area contributed by atoms with Crippen LogP contribution in [0.4, 0.5) is 10.1 Å². The molecule has 1 N–H and O–H groups in total. The first kappa shape index (κ1) is 24.0. The lowest BCUT2D eigenvalue weighted by Crippen LogP contribution is -2.20. The predicted molar refractivity (Wildman–Crippen MR) is 127 cm³/mol. The average Bonchev–Trinajstić information content (AvgIpc) is 3.28. The highest BCUT2D eigenvalue weighted by molar-refractivity contribution is 7.16. The van der Waals surface area contributed by atoms with E-state index >= 15 is 0 Å². The fraction of sp³-hybridized carbons (Fsp3) is 0.208. The number of rotatable bonds is 8. The first-order valence-corrected chi connectivity index (χ1v) is 11.5. The van der Waals surface area contributed by atoms with E-state index in [1.165, 1.54) is 52.3 Å². The molecule has 2 aromatic carbocycles.